The van der Waals surface area contributed by atoms with Crippen LogP contribution < -0.4 is 9.64 Å². The summed E-state index contributed by atoms with van der Waals surface area (Å²) in [5.74, 6) is -1.18. The molecule has 1 aromatic rings. The van der Waals surface area contributed by atoms with Gasteiger partial charge >= 0.3 is 0 Å². The number of carbonyl (C=O) groups is 2. The van der Waals surface area contributed by atoms with E-state index in [2.05, 4.69) is 0 Å². The Labute approximate surface area is 146 Å². The van der Waals surface area contributed by atoms with Crippen LogP contribution in [-0.4, -0.2) is 41.3 Å². The van der Waals surface area contributed by atoms with Crippen molar-refractivity contribution in [2.75, 3.05) is 18.1 Å². The van der Waals surface area contributed by atoms with Gasteiger partial charge in [-0.25, -0.2) is 4.90 Å². The van der Waals surface area contributed by atoms with Crippen molar-refractivity contribution in [2.24, 2.45) is 11.8 Å². The van der Waals surface area contributed by atoms with Crippen LogP contribution >= 0.6 is 0 Å². The molecule has 2 saturated heterocycles. The number of nitrogens with zero attached hydrogens (tertiary/aromatic N) is 1. The van der Waals surface area contributed by atoms with E-state index in [1.807, 2.05) is 6.92 Å². The molecule has 0 aromatic heterocycles. The van der Waals surface area contributed by atoms with Crippen molar-refractivity contribution in [1.29, 1.82) is 0 Å². The van der Waals surface area contributed by atoms with Gasteiger partial charge in [0.1, 0.15) is 11.4 Å². The minimum Gasteiger partial charge on any atom is -0.494 e. The highest BCUT2D eigenvalue weighted by molar-refractivity contribution is 6.23. The number of hydrogen-bond donors (Lipinski definition) is 1. The molecule has 4 rings (SSSR count). The van der Waals surface area contributed by atoms with Gasteiger partial charge in [0.05, 0.1) is 36.3 Å². The van der Waals surface area contributed by atoms with Gasteiger partial charge < -0.3 is 14.6 Å². The van der Waals surface area contributed by atoms with Crippen LogP contribution in [0.2, 0.25) is 0 Å². The Kier molecular flexibility index (Phi) is 3.53. The first-order chi connectivity index (χ1) is 12.0. The van der Waals surface area contributed by atoms with Gasteiger partial charge in [-0.05, 0) is 37.6 Å². The number of imide groups is 1. The Morgan fingerprint density at radius 1 is 1.16 bits per heavy atom. The highest BCUT2D eigenvalue weighted by Gasteiger charge is 2.72. The van der Waals surface area contributed by atoms with Crippen LogP contribution in [-0.2, 0) is 14.3 Å². The fraction of sp³-hybridized carbons (Fsp3) is 0.474. The smallest absolute Gasteiger partial charge is 0.241 e. The Morgan fingerprint density at radius 2 is 1.84 bits per heavy atom. The normalized spacial score (nSPS) is 35.6. The maximum absolute atomic E-state index is 13.0. The lowest BCUT2D eigenvalue weighted by Crippen LogP contribution is -2.43. The average molecular weight is 343 g/mol. The number of rotatable bonds is 5. The van der Waals surface area contributed by atoms with Gasteiger partial charge in [-0.2, -0.15) is 0 Å². The first-order valence-corrected chi connectivity index (χ1v) is 8.58. The molecule has 3 aliphatic rings. The van der Waals surface area contributed by atoms with Crippen molar-refractivity contribution in [2.45, 2.75) is 31.5 Å². The Bertz CT molecular complexity index is 758. The topological polar surface area (TPSA) is 76.1 Å². The minimum absolute atomic E-state index is 0.278. The molecule has 0 aliphatic carbocycles. The number of aliphatic hydroxyl groups excluding tert-OH is 1. The third-order valence-corrected chi connectivity index (χ3v) is 5.37. The summed E-state index contributed by atoms with van der Waals surface area (Å²) in [6, 6.07) is 6.94. The Hall–Kier alpha value is -2.18. The van der Waals surface area contributed by atoms with Crippen LogP contribution in [0.15, 0.2) is 36.4 Å². The van der Waals surface area contributed by atoms with Gasteiger partial charge in [0.15, 0.2) is 0 Å². The third-order valence-electron chi connectivity index (χ3n) is 5.37. The number of hydrogen-bond acceptors (Lipinski definition) is 5. The summed E-state index contributed by atoms with van der Waals surface area (Å²) in [6.45, 7) is 4.11. The molecule has 3 aliphatic heterocycles. The summed E-state index contributed by atoms with van der Waals surface area (Å²) in [5.41, 5.74) is -1.42. The largest absolute Gasteiger partial charge is 0.494 e. The van der Waals surface area contributed by atoms with Crippen LogP contribution in [0.25, 0.3) is 0 Å². The molecule has 0 spiro atoms. The molecule has 25 heavy (non-hydrogen) atoms. The second-order valence-corrected chi connectivity index (χ2v) is 7.04. The van der Waals surface area contributed by atoms with Crippen LogP contribution in [0.1, 0.15) is 20.3 Å². The molecule has 0 radical (unpaired) electrons. The van der Waals surface area contributed by atoms with Crippen LogP contribution in [0.3, 0.4) is 0 Å². The van der Waals surface area contributed by atoms with Crippen LogP contribution in [0, 0.1) is 11.8 Å². The number of ether oxygens (including phenoxy) is 2. The van der Waals surface area contributed by atoms with Crippen molar-refractivity contribution >= 4 is 17.5 Å². The van der Waals surface area contributed by atoms with Crippen molar-refractivity contribution in [3.63, 3.8) is 0 Å². The van der Waals surface area contributed by atoms with Gasteiger partial charge in [-0.3, -0.25) is 9.59 Å². The molecule has 0 saturated carbocycles. The maximum Gasteiger partial charge on any atom is 0.241 e. The molecule has 2 amide bonds. The van der Waals surface area contributed by atoms with E-state index >= 15 is 0 Å². The molecule has 6 heteroatoms. The standard InChI is InChI=1S/C19H21NO5/c1-3-10-24-13-6-4-12(5-7-13)20-16(22)14-15(17(20)23)19(11-21)9-8-18(14,2)25-19/h4-9,14-15,21H,3,10-11H2,1-2H3/t14-,15+,18-,19+/m1/s1. The molecular formula is C19H21NO5. The third kappa shape index (κ3) is 2.10. The number of amides is 2. The quantitative estimate of drug-likeness (QED) is 0.650. The fourth-order valence-corrected chi connectivity index (χ4v) is 4.21. The molecule has 6 nitrogen and oxygen atoms in total. The van der Waals surface area contributed by atoms with E-state index < -0.39 is 23.0 Å². The lowest BCUT2D eigenvalue weighted by molar-refractivity contribution is -0.131. The van der Waals surface area contributed by atoms with E-state index in [0.29, 0.717) is 18.0 Å². The number of benzene rings is 1. The summed E-state index contributed by atoms with van der Waals surface area (Å²) in [4.78, 5) is 27.2. The maximum atomic E-state index is 13.0. The van der Waals surface area contributed by atoms with Gasteiger partial charge in [0, 0.05) is 0 Å². The Morgan fingerprint density at radius 3 is 2.48 bits per heavy atom. The van der Waals surface area contributed by atoms with E-state index in [1.165, 1.54) is 4.90 Å². The van der Waals surface area contributed by atoms with Crippen molar-refractivity contribution in [3.05, 3.63) is 36.4 Å². The first kappa shape index (κ1) is 16.3. The van der Waals surface area contributed by atoms with Gasteiger partial charge in [0.2, 0.25) is 11.8 Å². The summed E-state index contributed by atoms with van der Waals surface area (Å²) in [5, 5.41) is 9.81. The fourth-order valence-electron chi connectivity index (χ4n) is 4.21. The number of anilines is 1. The molecule has 1 N–H and O–H groups in total. The number of fused-ring (bicyclic) bond motifs is 5. The zero-order chi connectivity index (χ0) is 17.8. The lowest BCUT2D eigenvalue weighted by Gasteiger charge is -2.27. The molecule has 132 valence electrons. The molecule has 3 heterocycles. The van der Waals surface area contributed by atoms with E-state index in [4.69, 9.17) is 9.47 Å². The van der Waals surface area contributed by atoms with E-state index in [0.717, 1.165) is 6.42 Å². The van der Waals surface area contributed by atoms with Crippen molar-refractivity contribution < 1.29 is 24.2 Å². The van der Waals surface area contributed by atoms with Crippen LogP contribution in [0.5, 0.6) is 5.75 Å². The van der Waals surface area contributed by atoms with Crippen molar-refractivity contribution in [1.82, 2.24) is 0 Å². The summed E-state index contributed by atoms with van der Waals surface area (Å²) < 4.78 is 11.4. The molecular weight excluding hydrogens is 322 g/mol. The van der Waals surface area contributed by atoms with Crippen LogP contribution in [0.4, 0.5) is 5.69 Å². The summed E-state index contributed by atoms with van der Waals surface area (Å²) in [7, 11) is 0. The summed E-state index contributed by atoms with van der Waals surface area (Å²) in [6.07, 6.45) is 4.42. The Balaban J connectivity index is 1.66. The lowest BCUT2D eigenvalue weighted by atomic mass is 9.73. The molecule has 4 atom stereocenters. The highest BCUT2D eigenvalue weighted by atomic mass is 16.5. The molecule has 2 bridgehead atoms. The number of aliphatic hydroxyl groups is 1. The van der Waals surface area contributed by atoms with E-state index in [-0.39, 0.29) is 18.4 Å². The average Bonchev–Trinajstić information content (AvgIpc) is 3.19. The van der Waals surface area contributed by atoms with Gasteiger partial charge in [-0.1, -0.05) is 19.1 Å². The first-order valence-electron chi connectivity index (χ1n) is 8.58. The van der Waals surface area contributed by atoms with E-state index in [9.17, 15) is 14.7 Å². The molecule has 2 fully saturated rings. The van der Waals surface area contributed by atoms with Gasteiger partial charge in [0.25, 0.3) is 0 Å². The second kappa shape index (κ2) is 5.41. The minimum atomic E-state index is -1.09. The summed E-state index contributed by atoms with van der Waals surface area (Å²) >= 11 is 0. The van der Waals surface area contributed by atoms with Crippen molar-refractivity contribution in [3.8, 4) is 5.75 Å². The van der Waals surface area contributed by atoms with E-state index in [1.54, 1.807) is 43.3 Å². The molecule has 1 aromatic carbocycles. The van der Waals surface area contributed by atoms with Gasteiger partial charge in [-0.15, -0.1) is 0 Å². The highest BCUT2D eigenvalue weighted by Crippen LogP contribution is 2.57. The zero-order valence-electron chi connectivity index (χ0n) is 14.3. The molecule has 0 unspecified atom stereocenters. The second-order valence-electron chi connectivity index (χ2n) is 7.04. The predicted molar refractivity (Wildman–Crippen MR) is 90.1 cm³/mol. The number of carbonyl (C=O) groups excluding carboxylic acids is 2. The zero-order valence-corrected chi connectivity index (χ0v) is 14.3. The predicted octanol–water partition coefficient (Wildman–Crippen LogP) is 1.67. The SMILES string of the molecule is CCCOc1ccc(N2C(=O)[C@@H]3[C@H](C2=O)[C@@]2(C)C=C[C@@]3(CO)O2)cc1. The monoisotopic (exact) mass is 343 g/mol.